The van der Waals surface area contributed by atoms with Crippen molar-refractivity contribution in [3.8, 4) is 0 Å². The summed E-state index contributed by atoms with van der Waals surface area (Å²) < 4.78 is 0. The van der Waals surface area contributed by atoms with Gasteiger partial charge < -0.3 is 12.2 Å². The Morgan fingerprint density at radius 1 is 1.26 bits per heavy atom. The van der Waals surface area contributed by atoms with Gasteiger partial charge in [0.2, 0.25) is 0 Å². The third-order valence-electron chi connectivity index (χ3n) is 4.57. The van der Waals surface area contributed by atoms with Crippen molar-refractivity contribution < 1.29 is 31.0 Å². The van der Waals surface area contributed by atoms with E-state index in [1.54, 1.807) is 0 Å². The second kappa shape index (κ2) is 10.3. The second-order valence-electron chi connectivity index (χ2n) is 10.1. The van der Waals surface area contributed by atoms with E-state index >= 15 is 0 Å². The van der Waals surface area contributed by atoms with Gasteiger partial charge >= 0.3 is 29.6 Å². The van der Waals surface area contributed by atoms with Crippen molar-refractivity contribution in [1.29, 1.82) is 0 Å². The SMILES string of the molecule is CC(C)(C)[C@H](N)[C-]=Nc1[c-]cccc1.CC1=NC(C(C)(C)C)C(C)(C)C1.[H-].[Na+]. The van der Waals surface area contributed by atoms with E-state index in [-0.39, 0.29) is 42.4 Å². The van der Waals surface area contributed by atoms with Crippen LogP contribution in [-0.4, -0.2) is 24.0 Å². The molecule has 0 fully saturated rings. The zero-order chi connectivity index (χ0) is 20.2. The summed E-state index contributed by atoms with van der Waals surface area (Å²) in [6.45, 7) is 19.8. The molecular formula is C23H38N3Na-2. The Labute approximate surface area is 191 Å². The molecule has 0 spiro atoms. The molecule has 1 unspecified atom stereocenters. The van der Waals surface area contributed by atoms with Gasteiger partial charge in [-0.2, -0.15) is 24.4 Å². The summed E-state index contributed by atoms with van der Waals surface area (Å²) in [5, 5.41) is 0. The molecule has 0 bridgehead atoms. The van der Waals surface area contributed by atoms with Crippen LogP contribution in [0.5, 0.6) is 0 Å². The first-order valence-corrected chi connectivity index (χ1v) is 9.45. The van der Waals surface area contributed by atoms with Crippen molar-refractivity contribution >= 4 is 17.6 Å². The van der Waals surface area contributed by atoms with E-state index in [2.05, 4.69) is 79.6 Å². The van der Waals surface area contributed by atoms with E-state index in [0.717, 1.165) is 12.1 Å². The number of nitrogens with zero attached hydrogens (tertiary/aromatic N) is 2. The van der Waals surface area contributed by atoms with Crippen LogP contribution in [-0.2, 0) is 0 Å². The first-order valence-electron chi connectivity index (χ1n) is 9.45. The monoisotopic (exact) mass is 379 g/mol. The summed E-state index contributed by atoms with van der Waals surface area (Å²) in [4.78, 5) is 8.87. The molecule has 1 aliphatic heterocycles. The Morgan fingerprint density at radius 2 is 1.85 bits per heavy atom. The number of hydrogen-bond donors (Lipinski definition) is 1. The van der Waals surface area contributed by atoms with E-state index in [1.807, 2.05) is 24.3 Å². The fraction of sp³-hybridized carbons (Fsp3) is 0.652. The van der Waals surface area contributed by atoms with E-state index in [0.29, 0.717) is 16.9 Å². The number of benzene rings is 1. The molecule has 1 aromatic rings. The number of rotatable bonds is 2. The standard InChI is InChI=1S/C12H16N2.C11H21N.Na.H/c1-12(2,3)11(13)9-14-10-7-5-4-6-8-10;1-8-7-11(5,6)9(12-8)10(2,3)4;;/h4-7,11H,13H2,1-3H3;9H,7H2,1-6H3;;/q-2;;+1;-1/t11-;;;/m1.../s1. The molecule has 3 nitrogen and oxygen atoms in total. The first kappa shape index (κ1) is 26.5. The molecule has 1 heterocycles. The number of nitrogens with two attached hydrogens (primary N) is 1. The molecule has 0 saturated heterocycles. The summed E-state index contributed by atoms with van der Waals surface area (Å²) in [6, 6.07) is 10.8. The summed E-state index contributed by atoms with van der Waals surface area (Å²) in [5.74, 6) is 0. The van der Waals surface area contributed by atoms with Crippen LogP contribution in [0, 0.1) is 22.3 Å². The van der Waals surface area contributed by atoms with E-state index in [9.17, 15) is 0 Å². The Hall–Kier alpha value is -0.480. The molecule has 148 valence electrons. The third kappa shape index (κ3) is 9.04. The van der Waals surface area contributed by atoms with Gasteiger partial charge in [-0.1, -0.05) is 55.4 Å². The summed E-state index contributed by atoms with van der Waals surface area (Å²) in [5.41, 5.74) is 8.64. The van der Waals surface area contributed by atoms with Crippen LogP contribution in [0.2, 0.25) is 0 Å². The van der Waals surface area contributed by atoms with Crippen molar-refractivity contribution in [3.63, 3.8) is 0 Å². The Balaban J connectivity index is 0. The number of hydrogen-bond acceptors (Lipinski definition) is 3. The number of aliphatic imine (C=N–C) groups is 2. The average Bonchev–Trinajstić information content (AvgIpc) is 2.78. The summed E-state index contributed by atoms with van der Waals surface area (Å²) in [6.07, 6.45) is 4.07. The molecule has 0 aliphatic carbocycles. The molecule has 0 amide bonds. The largest absolute Gasteiger partial charge is 1.00 e. The molecule has 27 heavy (non-hydrogen) atoms. The van der Waals surface area contributed by atoms with Crippen LogP contribution in [0.3, 0.4) is 0 Å². The molecule has 0 saturated carbocycles. The van der Waals surface area contributed by atoms with Gasteiger partial charge in [0.15, 0.2) is 0 Å². The van der Waals surface area contributed by atoms with Crippen molar-refractivity contribution in [2.24, 2.45) is 32.0 Å². The van der Waals surface area contributed by atoms with Gasteiger partial charge in [0, 0.05) is 5.71 Å². The van der Waals surface area contributed by atoms with Gasteiger partial charge in [-0.25, -0.2) is 11.8 Å². The minimum atomic E-state index is -0.156. The predicted octanol–water partition coefficient (Wildman–Crippen LogP) is 2.85. The normalized spacial score (nSPS) is 20.4. The van der Waals surface area contributed by atoms with Gasteiger partial charge in [-0.15, -0.1) is 0 Å². The van der Waals surface area contributed by atoms with Gasteiger partial charge in [-0.05, 0) is 35.6 Å². The van der Waals surface area contributed by atoms with Crippen molar-refractivity contribution in [1.82, 2.24) is 0 Å². The smallest absolute Gasteiger partial charge is 1.00 e. The van der Waals surface area contributed by atoms with Gasteiger partial charge in [0.05, 0.1) is 6.04 Å². The Bertz CT molecular complexity index is 625. The van der Waals surface area contributed by atoms with Crippen LogP contribution < -0.4 is 35.3 Å². The second-order valence-corrected chi connectivity index (χ2v) is 10.1. The number of para-hydroxylation sites is 1. The molecule has 0 aromatic heterocycles. The zero-order valence-electron chi connectivity index (χ0n) is 20.1. The molecule has 2 rings (SSSR count). The van der Waals surface area contributed by atoms with Crippen molar-refractivity contribution in [2.45, 2.75) is 80.8 Å². The topological polar surface area (TPSA) is 50.7 Å². The van der Waals surface area contributed by atoms with Crippen LogP contribution in [0.25, 0.3) is 0 Å². The van der Waals surface area contributed by atoms with Crippen molar-refractivity contribution in [3.05, 3.63) is 30.3 Å². The molecular weight excluding hydrogens is 341 g/mol. The zero-order valence-corrected chi connectivity index (χ0v) is 21.1. The fourth-order valence-corrected chi connectivity index (χ4v) is 3.35. The average molecular weight is 380 g/mol. The molecule has 1 aliphatic rings. The summed E-state index contributed by atoms with van der Waals surface area (Å²) in [7, 11) is 0. The molecule has 2 atom stereocenters. The quantitative estimate of drug-likeness (QED) is 0.479. The predicted molar refractivity (Wildman–Crippen MR) is 116 cm³/mol. The summed E-state index contributed by atoms with van der Waals surface area (Å²) >= 11 is 0. The van der Waals surface area contributed by atoms with Crippen LogP contribution >= 0.6 is 0 Å². The third-order valence-corrected chi connectivity index (χ3v) is 4.57. The van der Waals surface area contributed by atoms with Crippen LogP contribution in [0.4, 0.5) is 5.69 Å². The minimum absolute atomic E-state index is 0. The Kier molecular flexibility index (Phi) is 10.2. The van der Waals surface area contributed by atoms with Gasteiger partial charge in [0.1, 0.15) is 0 Å². The van der Waals surface area contributed by atoms with Crippen LogP contribution in [0.15, 0.2) is 34.3 Å². The molecule has 4 heteroatoms. The van der Waals surface area contributed by atoms with Crippen LogP contribution in [0.1, 0.15) is 70.2 Å². The Morgan fingerprint density at radius 3 is 2.19 bits per heavy atom. The molecule has 2 N–H and O–H groups in total. The van der Waals surface area contributed by atoms with E-state index in [4.69, 9.17) is 10.7 Å². The van der Waals surface area contributed by atoms with E-state index < -0.39 is 0 Å². The maximum Gasteiger partial charge on any atom is 1.00 e. The van der Waals surface area contributed by atoms with Gasteiger partial charge in [0.25, 0.3) is 0 Å². The van der Waals surface area contributed by atoms with Gasteiger partial charge in [-0.3, -0.25) is 11.1 Å². The molecule has 1 aromatic carbocycles. The fourth-order valence-electron chi connectivity index (χ4n) is 3.35. The van der Waals surface area contributed by atoms with E-state index in [1.165, 1.54) is 5.71 Å². The maximum absolute atomic E-state index is 5.88. The molecule has 0 radical (unpaired) electrons. The minimum Gasteiger partial charge on any atom is -1.00 e. The maximum atomic E-state index is 5.88. The van der Waals surface area contributed by atoms with Crippen molar-refractivity contribution in [2.75, 3.05) is 0 Å². The first-order chi connectivity index (χ1) is 11.7.